The number of aromatic nitrogens is 3. The van der Waals surface area contributed by atoms with Crippen LogP contribution >= 0.6 is 0 Å². The van der Waals surface area contributed by atoms with Crippen molar-refractivity contribution in [1.29, 1.82) is 0 Å². The molecule has 1 amide bonds. The van der Waals surface area contributed by atoms with E-state index >= 15 is 0 Å². The van der Waals surface area contributed by atoms with Crippen LogP contribution < -0.4 is 10.6 Å². The fourth-order valence-electron chi connectivity index (χ4n) is 4.04. The minimum Gasteiger partial charge on any atom is -0.358 e. The summed E-state index contributed by atoms with van der Waals surface area (Å²) in [7, 11) is 0. The molecule has 0 aliphatic heterocycles. The van der Waals surface area contributed by atoms with Crippen LogP contribution in [0.5, 0.6) is 0 Å². The summed E-state index contributed by atoms with van der Waals surface area (Å²) in [5.41, 5.74) is 4.80. The Hall–Kier alpha value is -4.52. The van der Waals surface area contributed by atoms with Crippen LogP contribution in [0.25, 0.3) is 10.9 Å². The Kier molecular flexibility index (Phi) is 5.74. The number of anilines is 2. The lowest BCUT2D eigenvalue weighted by Crippen LogP contribution is -2.15. The second-order valence-electron chi connectivity index (χ2n) is 7.93. The molecule has 6 nitrogen and oxygen atoms in total. The van der Waals surface area contributed by atoms with Gasteiger partial charge in [0.2, 0.25) is 0 Å². The Labute approximate surface area is 195 Å². The van der Waals surface area contributed by atoms with E-state index in [0.29, 0.717) is 11.3 Å². The van der Waals surface area contributed by atoms with Crippen molar-refractivity contribution in [3.8, 4) is 0 Å². The monoisotopic (exact) mass is 451 g/mol. The summed E-state index contributed by atoms with van der Waals surface area (Å²) in [6, 6.07) is 22.4. The minimum absolute atomic E-state index is 0.270. The lowest BCUT2D eigenvalue weighted by Gasteiger charge is -2.20. The number of aromatic amines is 1. The molecular formula is C27H22FN5O. The van der Waals surface area contributed by atoms with Crippen molar-refractivity contribution in [1.82, 2.24) is 15.0 Å². The van der Waals surface area contributed by atoms with Gasteiger partial charge in [-0.2, -0.15) is 0 Å². The number of carbonyl (C=O) groups excluding carboxylic acids is 1. The van der Waals surface area contributed by atoms with E-state index in [0.717, 1.165) is 33.7 Å². The van der Waals surface area contributed by atoms with Crippen molar-refractivity contribution in [2.24, 2.45) is 0 Å². The fourth-order valence-corrected chi connectivity index (χ4v) is 4.04. The zero-order valence-electron chi connectivity index (χ0n) is 18.4. The van der Waals surface area contributed by atoms with Crippen LogP contribution in [0.3, 0.4) is 0 Å². The van der Waals surface area contributed by atoms with Crippen molar-refractivity contribution < 1.29 is 9.18 Å². The molecule has 5 aromatic rings. The van der Waals surface area contributed by atoms with Crippen molar-refractivity contribution in [2.45, 2.75) is 13.0 Å². The molecule has 7 heteroatoms. The number of H-pyrrole nitrogens is 1. The first-order valence-corrected chi connectivity index (χ1v) is 10.9. The molecular weight excluding hydrogens is 429 g/mol. The molecule has 0 spiro atoms. The van der Waals surface area contributed by atoms with E-state index in [1.54, 1.807) is 12.4 Å². The predicted molar refractivity (Wildman–Crippen MR) is 131 cm³/mol. The van der Waals surface area contributed by atoms with Crippen LogP contribution in [0.2, 0.25) is 0 Å². The van der Waals surface area contributed by atoms with E-state index in [9.17, 15) is 9.18 Å². The average Bonchev–Trinajstić information content (AvgIpc) is 3.19. The molecule has 0 aliphatic rings. The lowest BCUT2D eigenvalue weighted by molar-refractivity contribution is 0.102. The maximum Gasteiger partial charge on any atom is 0.255 e. The first-order chi connectivity index (χ1) is 16.6. The summed E-state index contributed by atoms with van der Waals surface area (Å²) >= 11 is 0. The molecule has 0 aliphatic carbocycles. The second kappa shape index (κ2) is 9.15. The smallest absolute Gasteiger partial charge is 0.255 e. The molecule has 0 saturated heterocycles. The molecule has 2 aromatic carbocycles. The highest BCUT2D eigenvalue weighted by atomic mass is 19.1. The Bertz CT molecular complexity index is 1430. The van der Waals surface area contributed by atoms with Crippen molar-refractivity contribution >= 4 is 28.3 Å². The van der Waals surface area contributed by atoms with E-state index < -0.39 is 0 Å². The van der Waals surface area contributed by atoms with Gasteiger partial charge in [0.25, 0.3) is 5.91 Å². The van der Waals surface area contributed by atoms with Gasteiger partial charge in [-0.15, -0.1) is 0 Å². The van der Waals surface area contributed by atoms with Gasteiger partial charge in [-0.05, 0) is 73.7 Å². The first kappa shape index (κ1) is 21.3. The predicted octanol–water partition coefficient (Wildman–Crippen LogP) is 5.86. The molecule has 0 unspecified atom stereocenters. The van der Waals surface area contributed by atoms with Crippen LogP contribution in [0.15, 0.2) is 91.3 Å². The first-order valence-electron chi connectivity index (χ1n) is 10.9. The summed E-state index contributed by atoms with van der Waals surface area (Å²) < 4.78 is 13.2. The summed E-state index contributed by atoms with van der Waals surface area (Å²) in [5.74, 6) is 0.0418. The molecule has 3 N–H and O–H groups in total. The standard InChI is InChI=1S/C27H22FN5O/c1-17-25(26(23-6-2-4-14-29-23)33-24-7-3-5-15-30-24)21-16-20(12-13-22(21)31-17)32-27(34)18-8-10-19(28)11-9-18/h2-16,26,31H,1H3,(H,30,33)(H,32,34)/t26-/m1/s1. The molecule has 5 rings (SSSR count). The fraction of sp³-hybridized carbons (Fsp3) is 0.0741. The Morgan fingerprint density at radius 3 is 2.41 bits per heavy atom. The molecule has 34 heavy (non-hydrogen) atoms. The van der Waals surface area contributed by atoms with Crippen molar-refractivity contribution in [3.05, 3.63) is 120 Å². The van der Waals surface area contributed by atoms with Gasteiger partial charge in [0.1, 0.15) is 11.6 Å². The molecule has 1 atom stereocenters. The number of amides is 1. The van der Waals surface area contributed by atoms with Gasteiger partial charge in [0, 0.05) is 45.8 Å². The number of fused-ring (bicyclic) bond motifs is 1. The topological polar surface area (TPSA) is 82.7 Å². The van der Waals surface area contributed by atoms with Gasteiger partial charge in [-0.1, -0.05) is 12.1 Å². The van der Waals surface area contributed by atoms with Crippen LogP contribution in [0.1, 0.15) is 33.4 Å². The van der Waals surface area contributed by atoms with Crippen molar-refractivity contribution in [2.75, 3.05) is 10.6 Å². The van der Waals surface area contributed by atoms with Gasteiger partial charge in [0.05, 0.1) is 11.7 Å². The zero-order chi connectivity index (χ0) is 23.5. The number of rotatable bonds is 6. The van der Waals surface area contributed by atoms with Gasteiger partial charge in [-0.25, -0.2) is 9.37 Å². The number of carbonyl (C=O) groups is 1. The zero-order valence-corrected chi connectivity index (χ0v) is 18.4. The highest BCUT2D eigenvalue weighted by Crippen LogP contribution is 2.34. The maximum atomic E-state index is 13.2. The molecule has 3 aromatic heterocycles. The van der Waals surface area contributed by atoms with E-state index in [2.05, 4.69) is 25.6 Å². The highest BCUT2D eigenvalue weighted by molar-refractivity contribution is 6.05. The Morgan fingerprint density at radius 1 is 0.941 bits per heavy atom. The van der Waals surface area contributed by atoms with Crippen molar-refractivity contribution in [3.63, 3.8) is 0 Å². The maximum absolute atomic E-state index is 13.2. The average molecular weight is 452 g/mol. The number of halogens is 1. The van der Waals surface area contributed by atoms with Gasteiger partial charge >= 0.3 is 0 Å². The van der Waals surface area contributed by atoms with Crippen LogP contribution in [-0.4, -0.2) is 20.9 Å². The van der Waals surface area contributed by atoms with E-state index in [4.69, 9.17) is 0 Å². The third-order valence-corrected chi connectivity index (χ3v) is 5.63. The normalized spacial score (nSPS) is 11.8. The summed E-state index contributed by atoms with van der Waals surface area (Å²) in [6.45, 7) is 2.02. The van der Waals surface area contributed by atoms with E-state index in [1.807, 2.05) is 61.5 Å². The summed E-state index contributed by atoms with van der Waals surface area (Å²) in [6.07, 6.45) is 3.50. The van der Waals surface area contributed by atoms with Gasteiger partial charge in [-0.3, -0.25) is 9.78 Å². The SMILES string of the molecule is Cc1[nH]c2ccc(NC(=O)c3ccc(F)cc3)cc2c1[C@H](Nc1ccccn1)c1ccccn1. The number of hydrogen-bond acceptors (Lipinski definition) is 4. The number of benzene rings is 2. The van der Waals surface area contributed by atoms with E-state index in [-0.39, 0.29) is 17.8 Å². The highest BCUT2D eigenvalue weighted by Gasteiger charge is 2.23. The molecule has 168 valence electrons. The van der Waals surface area contributed by atoms with Crippen LogP contribution in [-0.2, 0) is 0 Å². The summed E-state index contributed by atoms with van der Waals surface area (Å²) in [5, 5.41) is 7.37. The number of nitrogens with one attached hydrogen (secondary N) is 3. The third kappa shape index (κ3) is 4.36. The molecule has 0 saturated carbocycles. The molecule has 0 fully saturated rings. The third-order valence-electron chi connectivity index (χ3n) is 5.63. The van der Waals surface area contributed by atoms with Crippen LogP contribution in [0, 0.1) is 12.7 Å². The summed E-state index contributed by atoms with van der Waals surface area (Å²) in [4.78, 5) is 25.1. The molecule has 0 bridgehead atoms. The number of hydrogen-bond donors (Lipinski definition) is 3. The number of nitrogens with zero attached hydrogens (tertiary/aromatic N) is 2. The van der Waals surface area contributed by atoms with Gasteiger partial charge < -0.3 is 15.6 Å². The van der Waals surface area contributed by atoms with E-state index in [1.165, 1.54) is 24.3 Å². The largest absolute Gasteiger partial charge is 0.358 e. The quantitative estimate of drug-likeness (QED) is 0.302. The molecule has 3 heterocycles. The molecule has 0 radical (unpaired) electrons. The Morgan fingerprint density at radius 2 is 1.71 bits per heavy atom. The van der Waals surface area contributed by atoms with Crippen LogP contribution in [0.4, 0.5) is 15.9 Å². The second-order valence-corrected chi connectivity index (χ2v) is 7.93. The van der Waals surface area contributed by atoms with Gasteiger partial charge in [0.15, 0.2) is 0 Å². The number of aryl methyl sites for hydroxylation is 1. The number of pyridine rings is 2. The lowest BCUT2D eigenvalue weighted by atomic mass is 9.99. The minimum atomic E-state index is -0.383. The Balaban J connectivity index is 1.55.